The van der Waals surface area contributed by atoms with E-state index in [2.05, 4.69) is 17.5 Å². The summed E-state index contributed by atoms with van der Waals surface area (Å²) < 4.78 is 26.5. The van der Waals surface area contributed by atoms with E-state index in [4.69, 9.17) is 9.97 Å². The summed E-state index contributed by atoms with van der Waals surface area (Å²) in [7, 11) is -3.22. The SMILES string of the molecule is CS(=O)(=O)N1CCc2cc(-c3csc(Cc4nc5ccccc5s4)n3)ccc21. The molecule has 8 heteroatoms. The van der Waals surface area contributed by atoms with Crippen LogP contribution in [-0.4, -0.2) is 31.2 Å². The molecule has 0 amide bonds. The molecule has 1 aliphatic rings. The predicted octanol–water partition coefficient (Wildman–Crippen LogP) is 4.33. The molecule has 0 saturated heterocycles. The topological polar surface area (TPSA) is 63.2 Å². The molecule has 3 heterocycles. The molecule has 0 fully saturated rings. The van der Waals surface area contributed by atoms with E-state index < -0.39 is 10.0 Å². The number of thiazole rings is 2. The Morgan fingerprint density at radius 2 is 1.96 bits per heavy atom. The zero-order valence-corrected chi connectivity index (χ0v) is 17.6. The van der Waals surface area contributed by atoms with Gasteiger partial charge in [0.2, 0.25) is 10.0 Å². The first kappa shape index (κ1) is 17.8. The van der Waals surface area contributed by atoms with Gasteiger partial charge in [0.25, 0.3) is 0 Å². The highest BCUT2D eigenvalue weighted by Crippen LogP contribution is 2.34. The number of para-hydroxylation sites is 1. The summed E-state index contributed by atoms with van der Waals surface area (Å²) in [6.45, 7) is 0.511. The average Bonchev–Trinajstić information content (AvgIpc) is 3.38. The maximum Gasteiger partial charge on any atom is 0.232 e. The molecule has 2 aromatic carbocycles. The number of sulfonamides is 1. The van der Waals surface area contributed by atoms with Crippen molar-refractivity contribution in [2.45, 2.75) is 12.8 Å². The van der Waals surface area contributed by atoms with Crippen molar-refractivity contribution in [1.29, 1.82) is 0 Å². The van der Waals surface area contributed by atoms with Crippen LogP contribution in [0.25, 0.3) is 21.5 Å². The van der Waals surface area contributed by atoms with Crippen LogP contribution in [0.15, 0.2) is 47.8 Å². The van der Waals surface area contributed by atoms with Gasteiger partial charge in [0.1, 0.15) is 10.0 Å². The number of fused-ring (bicyclic) bond motifs is 2. The minimum absolute atomic E-state index is 0.511. The highest BCUT2D eigenvalue weighted by atomic mass is 32.2. The van der Waals surface area contributed by atoms with E-state index in [-0.39, 0.29) is 0 Å². The number of nitrogens with zero attached hydrogens (tertiary/aromatic N) is 3. The Morgan fingerprint density at radius 3 is 2.79 bits per heavy atom. The normalized spacial score (nSPS) is 14.0. The average molecular weight is 428 g/mol. The zero-order valence-electron chi connectivity index (χ0n) is 15.1. The summed E-state index contributed by atoms with van der Waals surface area (Å²) in [4.78, 5) is 9.48. The number of benzene rings is 2. The minimum Gasteiger partial charge on any atom is -0.270 e. The lowest BCUT2D eigenvalue weighted by Gasteiger charge is -2.16. The zero-order chi connectivity index (χ0) is 19.3. The van der Waals surface area contributed by atoms with Crippen molar-refractivity contribution in [3.8, 4) is 11.3 Å². The van der Waals surface area contributed by atoms with Crippen LogP contribution in [0, 0.1) is 0 Å². The highest BCUT2D eigenvalue weighted by Gasteiger charge is 2.26. The van der Waals surface area contributed by atoms with E-state index in [1.54, 1.807) is 22.7 Å². The first-order valence-electron chi connectivity index (χ1n) is 8.87. The molecule has 0 saturated carbocycles. The summed E-state index contributed by atoms with van der Waals surface area (Å²) in [5.74, 6) is 0. The lowest BCUT2D eigenvalue weighted by atomic mass is 10.1. The maximum absolute atomic E-state index is 11.9. The molecule has 28 heavy (non-hydrogen) atoms. The quantitative estimate of drug-likeness (QED) is 0.486. The van der Waals surface area contributed by atoms with Crippen LogP contribution in [0.2, 0.25) is 0 Å². The second kappa shape index (κ2) is 6.65. The third-order valence-corrected chi connectivity index (χ3v) is 7.89. The van der Waals surface area contributed by atoms with Crippen LogP contribution in [0.4, 0.5) is 5.69 Å². The largest absolute Gasteiger partial charge is 0.270 e. The molecule has 5 rings (SSSR count). The standard InChI is InChI=1S/C20H17N3O2S3/c1-28(24,25)23-9-8-14-10-13(6-7-17(14)23)16-12-26-19(22-16)11-20-21-15-4-2-3-5-18(15)27-20/h2-7,10,12H,8-9,11H2,1H3. The lowest BCUT2D eigenvalue weighted by Crippen LogP contribution is -2.27. The highest BCUT2D eigenvalue weighted by molar-refractivity contribution is 7.92. The van der Waals surface area contributed by atoms with Crippen LogP contribution >= 0.6 is 22.7 Å². The van der Waals surface area contributed by atoms with Gasteiger partial charge in [-0.3, -0.25) is 4.31 Å². The monoisotopic (exact) mass is 427 g/mol. The van der Waals surface area contributed by atoms with Crippen LogP contribution in [0.5, 0.6) is 0 Å². The molecule has 0 atom stereocenters. The van der Waals surface area contributed by atoms with Gasteiger partial charge in [-0.2, -0.15) is 0 Å². The van der Waals surface area contributed by atoms with Crippen molar-refractivity contribution in [2.75, 3.05) is 17.1 Å². The molecule has 0 aliphatic carbocycles. The molecule has 4 aromatic rings. The second-order valence-corrected chi connectivity index (χ2v) is 10.8. The third-order valence-electron chi connectivity index (χ3n) is 4.82. The third kappa shape index (κ3) is 3.21. The molecule has 0 bridgehead atoms. The Hall–Kier alpha value is -2.29. The summed E-state index contributed by atoms with van der Waals surface area (Å²) in [6.07, 6.45) is 2.72. The van der Waals surface area contributed by atoms with Crippen LogP contribution in [0.3, 0.4) is 0 Å². The minimum atomic E-state index is -3.22. The Kier molecular flexibility index (Phi) is 4.22. The Bertz CT molecular complexity index is 1260. The van der Waals surface area contributed by atoms with E-state index in [1.807, 2.05) is 30.3 Å². The van der Waals surface area contributed by atoms with Crippen molar-refractivity contribution in [3.05, 3.63) is 63.4 Å². The Labute approximate surface area is 171 Å². The fourth-order valence-corrected chi connectivity index (χ4v) is 6.35. The van der Waals surface area contributed by atoms with Crippen molar-refractivity contribution < 1.29 is 8.42 Å². The number of hydrogen-bond acceptors (Lipinski definition) is 6. The lowest BCUT2D eigenvalue weighted by molar-refractivity contribution is 0.598. The van der Waals surface area contributed by atoms with Crippen LogP contribution in [0.1, 0.15) is 15.6 Å². The molecule has 0 unspecified atom stereocenters. The van der Waals surface area contributed by atoms with Crippen LogP contribution < -0.4 is 4.31 Å². The predicted molar refractivity (Wildman–Crippen MR) is 116 cm³/mol. The molecule has 1 aliphatic heterocycles. The summed E-state index contributed by atoms with van der Waals surface area (Å²) in [5.41, 5.74) is 4.84. The van der Waals surface area contributed by atoms with E-state index in [0.29, 0.717) is 6.54 Å². The summed E-state index contributed by atoms with van der Waals surface area (Å²) in [6, 6.07) is 14.1. The molecule has 0 N–H and O–H groups in total. The van der Waals surface area contributed by atoms with E-state index >= 15 is 0 Å². The Balaban J connectivity index is 1.40. The smallest absolute Gasteiger partial charge is 0.232 e. The number of rotatable bonds is 4. The molecule has 142 valence electrons. The van der Waals surface area contributed by atoms with Crippen LogP contribution in [-0.2, 0) is 22.9 Å². The molecular weight excluding hydrogens is 410 g/mol. The first-order chi connectivity index (χ1) is 13.5. The molecule has 2 aromatic heterocycles. The number of anilines is 1. The molecule has 0 radical (unpaired) electrons. The van der Waals surface area contributed by atoms with Gasteiger partial charge in [0, 0.05) is 17.5 Å². The van der Waals surface area contributed by atoms with Gasteiger partial charge in [-0.1, -0.05) is 18.2 Å². The molecule has 0 spiro atoms. The van der Waals surface area contributed by atoms with Gasteiger partial charge < -0.3 is 0 Å². The van der Waals surface area contributed by atoms with Gasteiger partial charge in [0.15, 0.2) is 0 Å². The number of aromatic nitrogens is 2. The Morgan fingerprint density at radius 1 is 1.11 bits per heavy atom. The number of hydrogen-bond donors (Lipinski definition) is 0. The van der Waals surface area contributed by atoms with Crippen molar-refractivity contribution >= 4 is 48.6 Å². The van der Waals surface area contributed by atoms with E-state index in [9.17, 15) is 8.42 Å². The van der Waals surface area contributed by atoms with Gasteiger partial charge >= 0.3 is 0 Å². The maximum atomic E-state index is 11.9. The van der Waals surface area contributed by atoms with Crippen molar-refractivity contribution in [3.63, 3.8) is 0 Å². The molecular formula is C20H17N3O2S3. The van der Waals surface area contributed by atoms with Gasteiger partial charge in [0.05, 0.1) is 34.3 Å². The van der Waals surface area contributed by atoms with Crippen molar-refractivity contribution in [2.24, 2.45) is 0 Å². The van der Waals surface area contributed by atoms with Gasteiger partial charge in [-0.05, 0) is 36.2 Å². The van der Waals surface area contributed by atoms with Gasteiger partial charge in [-0.25, -0.2) is 18.4 Å². The first-order valence-corrected chi connectivity index (χ1v) is 12.4. The second-order valence-electron chi connectivity index (χ2n) is 6.81. The summed E-state index contributed by atoms with van der Waals surface area (Å²) >= 11 is 3.35. The van der Waals surface area contributed by atoms with E-state index in [0.717, 1.165) is 50.9 Å². The van der Waals surface area contributed by atoms with Crippen molar-refractivity contribution in [1.82, 2.24) is 9.97 Å². The van der Waals surface area contributed by atoms with Gasteiger partial charge in [-0.15, -0.1) is 22.7 Å². The van der Waals surface area contributed by atoms with E-state index in [1.165, 1.54) is 15.3 Å². The fourth-order valence-electron chi connectivity index (χ4n) is 3.52. The molecule has 5 nitrogen and oxygen atoms in total. The summed E-state index contributed by atoms with van der Waals surface area (Å²) in [5, 5.41) is 4.17. The fraction of sp³-hybridized carbons (Fsp3) is 0.200.